The lowest BCUT2D eigenvalue weighted by atomic mass is 9.96. The fraction of sp³-hybridized carbons (Fsp3) is 0.250. The largest absolute Gasteiger partial charge is 0.372 e. The third-order valence-corrected chi connectivity index (χ3v) is 4.46. The Labute approximate surface area is 132 Å². The first-order valence-electron chi connectivity index (χ1n) is 6.50. The van der Waals surface area contributed by atoms with E-state index in [0.29, 0.717) is 6.61 Å². The summed E-state index contributed by atoms with van der Waals surface area (Å²) in [5.74, 6) is 0. The molecule has 0 saturated carbocycles. The molecule has 0 aromatic heterocycles. The van der Waals surface area contributed by atoms with Crippen molar-refractivity contribution in [2.75, 3.05) is 7.05 Å². The monoisotopic (exact) mass is 351 g/mol. The standard InChI is InChI=1S/C16H15BrClNO/c1-19-16(14-5-4-13(17)7-15(14)18)10-2-3-11-8-20-9-12(11)6-10/h2-7,16,19H,8-9H2,1H3. The fourth-order valence-corrected chi connectivity index (χ4v) is 3.39. The Morgan fingerprint density at radius 3 is 2.70 bits per heavy atom. The quantitative estimate of drug-likeness (QED) is 0.881. The SMILES string of the molecule is CNC(c1ccc2c(c1)COC2)c1ccc(Br)cc1Cl. The van der Waals surface area contributed by atoms with Gasteiger partial charge in [0.2, 0.25) is 0 Å². The number of hydrogen-bond donors (Lipinski definition) is 1. The maximum atomic E-state index is 6.38. The smallest absolute Gasteiger partial charge is 0.0725 e. The van der Waals surface area contributed by atoms with Gasteiger partial charge in [0.15, 0.2) is 0 Å². The van der Waals surface area contributed by atoms with Crippen molar-refractivity contribution in [1.29, 1.82) is 0 Å². The minimum absolute atomic E-state index is 0.0847. The molecule has 0 aliphatic carbocycles. The van der Waals surface area contributed by atoms with Gasteiger partial charge in [-0.25, -0.2) is 0 Å². The Morgan fingerprint density at radius 2 is 1.95 bits per heavy atom. The van der Waals surface area contributed by atoms with Gasteiger partial charge in [0, 0.05) is 9.50 Å². The summed E-state index contributed by atoms with van der Waals surface area (Å²) in [6, 6.07) is 12.6. The molecule has 1 unspecified atom stereocenters. The van der Waals surface area contributed by atoms with Crippen molar-refractivity contribution in [2.24, 2.45) is 0 Å². The van der Waals surface area contributed by atoms with Crippen LogP contribution in [0.15, 0.2) is 40.9 Å². The second-order valence-electron chi connectivity index (χ2n) is 4.91. The first-order chi connectivity index (χ1) is 9.69. The van der Waals surface area contributed by atoms with Crippen LogP contribution in [0.2, 0.25) is 5.02 Å². The molecular formula is C16H15BrClNO. The van der Waals surface area contributed by atoms with Gasteiger partial charge < -0.3 is 10.1 Å². The highest BCUT2D eigenvalue weighted by Crippen LogP contribution is 2.32. The lowest BCUT2D eigenvalue weighted by molar-refractivity contribution is 0.134. The van der Waals surface area contributed by atoms with Crippen molar-refractivity contribution in [3.63, 3.8) is 0 Å². The average molecular weight is 353 g/mol. The van der Waals surface area contributed by atoms with Crippen molar-refractivity contribution in [3.05, 3.63) is 68.1 Å². The summed E-state index contributed by atoms with van der Waals surface area (Å²) in [6.45, 7) is 1.42. The van der Waals surface area contributed by atoms with Crippen LogP contribution in [-0.4, -0.2) is 7.05 Å². The number of halogens is 2. The zero-order chi connectivity index (χ0) is 14.1. The normalized spacial score (nSPS) is 15.2. The highest BCUT2D eigenvalue weighted by molar-refractivity contribution is 9.10. The zero-order valence-electron chi connectivity index (χ0n) is 11.1. The van der Waals surface area contributed by atoms with Gasteiger partial charge in [0.05, 0.1) is 19.3 Å². The predicted molar refractivity (Wildman–Crippen MR) is 85.0 cm³/mol. The molecule has 0 saturated heterocycles. The fourth-order valence-electron chi connectivity index (χ4n) is 2.61. The number of rotatable bonds is 3. The molecule has 4 heteroatoms. The van der Waals surface area contributed by atoms with E-state index in [1.165, 1.54) is 16.7 Å². The summed E-state index contributed by atoms with van der Waals surface area (Å²) in [6.07, 6.45) is 0. The number of hydrogen-bond acceptors (Lipinski definition) is 2. The first kappa shape index (κ1) is 14.1. The van der Waals surface area contributed by atoms with Crippen LogP contribution in [0.25, 0.3) is 0 Å². The maximum absolute atomic E-state index is 6.38. The van der Waals surface area contributed by atoms with Gasteiger partial charge >= 0.3 is 0 Å². The van der Waals surface area contributed by atoms with E-state index < -0.39 is 0 Å². The minimum atomic E-state index is 0.0847. The van der Waals surface area contributed by atoms with E-state index in [2.05, 4.69) is 45.5 Å². The highest BCUT2D eigenvalue weighted by Gasteiger charge is 2.18. The lowest BCUT2D eigenvalue weighted by Crippen LogP contribution is -2.18. The Hall–Kier alpha value is -0.870. The number of nitrogens with one attached hydrogen (secondary N) is 1. The molecule has 1 N–H and O–H groups in total. The molecule has 0 spiro atoms. The zero-order valence-corrected chi connectivity index (χ0v) is 13.5. The van der Waals surface area contributed by atoms with Gasteiger partial charge in [0.1, 0.15) is 0 Å². The average Bonchev–Trinajstić information content (AvgIpc) is 2.89. The van der Waals surface area contributed by atoms with Crippen LogP contribution in [0.1, 0.15) is 28.3 Å². The molecule has 20 heavy (non-hydrogen) atoms. The molecule has 1 aliphatic heterocycles. The van der Waals surface area contributed by atoms with Gasteiger partial charge in [-0.1, -0.05) is 51.8 Å². The van der Waals surface area contributed by atoms with Gasteiger partial charge in [-0.05, 0) is 41.4 Å². The molecule has 0 amide bonds. The van der Waals surface area contributed by atoms with Crippen molar-refractivity contribution < 1.29 is 4.74 Å². The van der Waals surface area contributed by atoms with E-state index in [1.807, 2.05) is 19.2 Å². The highest BCUT2D eigenvalue weighted by atomic mass is 79.9. The van der Waals surface area contributed by atoms with E-state index >= 15 is 0 Å². The number of ether oxygens (including phenoxy) is 1. The molecule has 2 aromatic carbocycles. The molecule has 0 radical (unpaired) electrons. The molecule has 104 valence electrons. The molecule has 0 bridgehead atoms. The Morgan fingerprint density at radius 1 is 1.15 bits per heavy atom. The molecule has 1 heterocycles. The predicted octanol–water partition coefficient (Wildman–Crippen LogP) is 4.44. The third-order valence-electron chi connectivity index (χ3n) is 3.64. The van der Waals surface area contributed by atoms with E-state index in [-0.39, 0.29) is 6.04 Å². The summed E-state index contributed by atoms with van der Waals surface area (Å²) >= 11 is 9.82. The van der Waals surface area contributed by atoms with Crippen LogP contribution < -0.4 is 5.32 Å². The van der Waals surface area contributed by atoms with Gasteiger partial charge in [-0.3, -0.25) is 0 Å². The summed E-state index contributed by atoms with van der Waals surface area (Å²) < 4.78 is 6.47. The summed E-state index contributed by atoms with van der Waals surface area (Å²) in [4.78, 5) is 0. The van der Waals surface area contributed by atoms with Crippen molar-refractivity contribution in [2.45, 2.75) is 19.3 Å². The van der Waals surface area contributed by atoms with Crippen LogP contribution in [0, 0.1) is 0 Å². The summed E-state index contributed by atoms with van der Waals surface area (Å²) in [7, 11) is 1.95. The Bertz CT molecular complexity index is 644. The molecule has 2 nitrogen and oxygen atoms in total. The first-order valence-corrected chi connectivity index (χ1v) is 7.68. The van der Waals surface area contributed by atoms with Crippen LogP contribution in [-0.2, 0) is 18.0 Å². The third kappa shape index (κ3) is 2.63. The molecular weight excluding hydrogens is 338 g/mol. The van der Waals surface area contributed by atoms with Crippen LogP contribution >= 0.6 is 27.5 Å². The molecule has 1 atom stereocenters. The Kier molecular flexibility index (Phi) is 4.13. The van der Waals surface area contributed by atoms with Crippen LogP contribution in [0.4, 0.5) is 0 Å². The second-order valence-corrected chi connectivity index (χ2v) is 6.23. The van der Waals surface area contributed by atoms with Crippen molar-refractivity contribution in [1.82, 2.24) is 5.32 Å². The second kappa shape index (κ2) is 5.86. The number of benzene rings is 2. The molecule has 3 rings (SSSR count). The minimum Gasteiger partial charge on any atom is -0.372 e. The van der Waals surface area contributed by atoms with Crippen molar-refractivity contribution in [3.8, 4) is 0 Å². The van der Waals surface area contributed by atoms with Crippen LogP contribution in [0.5, 0.6) is 0 Å². The topological polar surface area (TPSA) is 21.3 Å². The molecule has 2 aromatic rings. The Balaban J connectivity index is 2.01. The maximum Gasteiger partial charge on any atom is 0.0725 e. The molecule has 0 fully saturated rings. The van der Waals surface area contributed by atoms with Gasteiger partial charge in [0.25, 0.3) is 0 Å². The van der Waals surface area contributed by atoms with E-state index in [1.54, 1.807) is 0 Å². The van der Waals surface area contributed by atoms with E-state index in [4.69, 9.17) is 16.3 Å². The van der Waals surface area contributed by atoms with Gasteiger partial charge in [-0.2, -0.15) is 0 Å². The summed E-state index contributed by atoms with van der Waals surface area (Å²) in [5, 5.41) is 4.11. The van der Waals surface area contributed by atoms with E-state index in [0.717, 1.165) is 21.7 Å². The summed E-state index contributed by atoms with van der Waals surface area (Å²) in [5.41, 5.74) is 4.85. The van der Waals surface area contributed by atoms with Crippen LogP contribution in [0.3, 0.4) is 0 Å². The molecule has 1 aliphatic rings. The number of fused-ring (bicyclic) bond motifs is 1. The van der Waals surface area contributed by atoms with E-state index in [9.17, 15) is 0 Å². The van der Waals surface area contributed by atoms with Gasteiger partial charge in [-0.15, -0.1) is 0 Å². The lowest BCUT2D eigenvalue weighted by Gasteiger charge is -2.19. The van der Waals surface area contributed by atoms with Crippen molar-refractivity contribution >= 4 is 27.5 Å².